The van der Waals surface area contributed by atoms with Gasteiger partial charge < -0.3 is 9.30 Å². The zero-order valence-electron chi connectivity index (χ0n) is 15.5. The highest BCUT2D eigenvalue weighted by molar-refractivity contribution is 5.78. The fraction of sp³-hybridized carbons (Fsp3) is 0.409. The fourth-order valence-corrected chi connectivity index (χ4v) is 3.53. The molecule has 0 amide bonds. The van der Waals surface area contributed by atoms with E-state index in [-0.39, 0.29) is 24.0 Å². The van der Waals surface area contributed by atoms with E-state index in [0.29, 0.717) is 5.92 Å². The maximum atomic E-state index is 12.4. The average Bonchev–Trinajstić information content (AvgIpc) is 2.90. The minimum atomic E-state index is -0.0918. The van der Waals surface area contributed by atoms with Gasteiger partial charge in [-0.25, -0.2) is 0 Å². The number of allylic oxidation sites excluding steroid dienone is 2. The van der Waals surface area contributed by atoms with E-state index in [1.165, 1.54) is 16.7 Å². The zero-order chi connectivity index (χ0) is 18.0. The largest absolute Gasteiger partial charge is 0.444 e. The quantitative estimate of drug-likeness (QED) is 0.559. The number of aromatic nitrogens is 1. The van der Waals surface area contributed by atoms with Crippen LogP contribution in [0.5, 0.6) is 0 Å². The molecule has 132 valence electrons. The van der Waals surface area contributed by atoms with E-state index < -0.39 is 0 Å². The molecule has 0 N–H and O–H groups in total. The average molecular weight is 337 g/mol. The first kappa shape index (κ1) is 17.5. The smallest absolute Gasteiger partial charge is 0.311 e. The second-order valence-electron chi connectivity index (χ2n) is 7.86. The molecule has 2 unspecified atom stereocenters. The molecule has 3 heteroatoms. The first-order valence-electron chi connectivity index (χ1n) is 8.88. The maximum absolute atomic E-state index is 12.4. The molecule has 1 aromatic carbocycles. The second-order valence-corrected chi connectivity index (χ2v) is 7.86. The Morgan fingerprint density at radius 3 is 2.56 bits per heavy atom. The van der Waals surface area contributed by atoms with Crippen molar-refractivity contribution in [3.8, 4) is 0 Å². The van der Waals surface area contributed by atoms with Crippen molar-refractivity contribution >= 4 is 5.97 Å². The number of rotatable bonds is 6. The van der Waals surface area contributed by atoms with Crippen molar-refractivity contribution < 1.29 is 9.53 Å². The summed E-state index contributed by atoms with van der Waals surface area (Å²) in [5, 5.41) is 0. The van der Waals surface area contributed by atoms with Crippen LogP contribution in [0.15, 0.2) is 60.4 Å². The van der Waals surface area contributed by atoms with Crippen molar-refractivity contribution in [1.29, 1.82) is 0 Å². The Morgan fingerprint density at radius 1 is 1.16 bits per heavy atom. The SMILES string of the molecule is CC(C)=CC1C(C(=O)OCn2ccc(Cc3ccccc3)c2)C1(C)C. The van der Waals surface area contributed by atoms with E-state index in [9.17, 15) is 4.79 Å². The number of carbonyl (C=O) groups excluding carboxylic acids is 1. The molecule has 1 aliphatic rings. The van der Waals surface area contributed by atoms with Gasteiger partial charge in [-0.15, -0.1) is 0 Å². The van der Waals surface area contributed by atoms with Crippen molar-refractivity contribution in [3.63, 3.8) is 0 Å². The number of hydrogen-bond acceptors (Lipinski definition) is 2. The molecule has 0 spiro atoms. The Balaban J connectivity index is 1.54. The van der Waals surface area contributed by atoms with Crippen LogP contribution in [0.2, 0.25) is 0 Å². The monoisotopic (exact) mass is 337 g/mol. The Labute approximate surface area is 150 Å². The van der Waals surface area contributed by atoms with Crippen molar-refractivity contribution in [3.05, 3.63) is 71.6 Å². The van der Waals surface area contributed by atoms with Crippen molar-refractivity contribution in [1.82, 2.24) is 4.57 Å². The standard InChI is InChI=1S/C22H27NO2/c1-16(2)12-19-20(22(19,3)4)21(24)25-15-23-11-10-18(14-23)13-17-8-6-5-7-9-17/h5-12,14,19-20H,13,15H2,1-4H3. The third-order valence-electron chi connectivity index (χ3n) is 5.10. The van der Waals surface area contributed by atoms with Crippen LogP contribution in [0.4, 0.5) is 0 Å². The molecular formula is C22H27NO2. The molecule has 3 nitrogen and oxygen atoms in total. The number of nitrogens with zero attached hydrogens (tertiary/aromatic N) is 1. The molecule has 0 bridgehead atoms. The third-order valence-corrected chi connectivity index (χ3v) is 5.10. The van der Waals surface area contributed by atoms with Crippen LogP contribution >= 0.6 is 0 Å². The number of benzene rings is 1. The number of esters is 1. The van der Waals surface area contributed by atoms with Gasteiger partial charge in [0, 0.05) is 12.4 Å². The summed E-state index contributed by atoms with van der Waals surface area (Å²) in [5.74, 6) is 0.177. The van der Waals surface area contributed by atoms with Crippen molar-refractivity contribution in [2.24, 2.45) is 17.3 Å². The van der Waals surface area contributed by atoms with Crippen LogP contribution in [-0.4, -0.2) is 10.5 Å². The summed E-state index contributed by atoms with van der Waals surface area (Å²) in [5.41, 5.74) is 3.76. The Bertz CT molecular complexity index is 766. The topological polar surface area (TPSA) is 31.2 Å². The van der Waals surface area contributed by atoms with E-state index in [1.54, 1.807) is 0 Å². The summed E-state index contributed by atoms with van der Waals surface area (Å²) in [6, 6.07) is 12.4. The van der Waals surface area contributed by atoms with Gasteiger partial charge in [-0.1, -0.05) is 55.8 Å². The summed E-state index contributed by atoms with van der Waals surface area (Å²) in [7, 11) is 0. The minimum Gasteiger partial charge on any atom is -0.444 e. The lowest BCUT2D eigenvalue weighted by Gasteiger charge is -2.06. The number of carbonyl (C=O) groups is 1. The molecule has 2 aromatic rings. The molecule has 2 atom stereocenters. The lowest BCUT2D eigenvalue weighted by Crippen LogP contribution is -2.13. The third kappa shape index (κ3) is 4.04. The number of hydrogen-bond donors (Lipinski definition) is 0. The molecule has 1 saturated carbocycles. The summed E-state index contributed by atoms with van der Waals surface area (Å²) in [4.78, 5) is 12.4. The molecule has 1 fully saturated rings. The fourth-order valence-electron chi connectivity index (χ4n) is 3.53. The summed E-state index contributed by atoms with van der Waals surface area (Å²) in [6.07, 6.45) is 7.10. The van der Waals surface area contributed by atoms with Gasteiger partial charge >= 0.3 is 5.97 Å². The Hall–Kier alpha value is -2.29. The van der Waals surface area contributed by atoms with E-state index in [1.807, 2.05) is 35.2 Å². The summed E-state index contributed by atoms with van der Waals surface area (Å²) in [6.45, 7) is 8.70. The lowest BCUT2D eigenvalue weighted by atomic mass is 10.1. The second kappa shape index (κ2) is 6.91. The summed E-state index contributed by atoms with van der Waals surface area (Å²) < 4.78 is 7.49. The molecule has 1 aromatic heterocycles. The van der Waals surface area contributed by atoms with Crippen LogP contribution in [0.25, 0.3) is 0 Å². The predicted octanol–water partition coefficient (Wildman–Crippen LogP) is 4.82. The van der Waals surface area contributed by atoms with Gasteiger partial charge in [0.25, 0.3) is 0 Å². The van der Waals surface area contributed by atoms with Gasteiger partial charge in [0.05, 0.1) is 5.92 Å². The molecule has 0 radical (unpaired) electrons. The molecule has 1 heterocycles. The van der Waals surface area contributed by atoms with Gasteiger partial charge in [0.1, 0.15) is 0 Å². The highest BCUT2D eigenvalue weighted by Crippen LogP contribution is 2.59. The van der Waals surface area contributed by atoms with E-state index in [4.69, 9.17) is 4.74 Å². The van der Waals surface area contributed by atoms with Crippen LogP contribution < -0.4 is 0 Å². The van der Waals surface area contributed by atoms with Crippen LogP contribution in [0.3, 0.4) is 0 Å². The zero-order valence-corrected chi connectivity index (χ0v) is 15.5. The van der Waals surface area contributed by atoms with Gasteiger partial charge in [-0.2, -0.15) is 0 Å². The van der Waals surface area contributed by atoms with Gasteiger partial charge in [0.2, 0.25) is 0 Å². The molecule has 0 saturated heterocycles. The molecule has 25 heavy (non-hydrogen) atoms. The first-order valence-corrected chi connectivity index (χ1v) is 8.88. The molecule has 3 rings (SSSR count). The molecule has 0 aliphatic heterocycles. The highest BCUT2D eigenvalue weighted by atomic mass is 16.5. The van der Waals surface area contributed by atoms with E-state index in [0.717, 1.165) is 6.42 Å². The van der Waals surface area contributed by atoms with Crippen molar-refractivity contribution in [2.75, 3.05) is 0 Å². The first-order chi connectivity index (χ1) is 11.9. The Kier molecular flexibility index (Phi) is 4.85. The predicted molar refractivity (Wildman–Crippen MR) is 100.0 cm³/mol. The Morgan fingerprint density at radius 2 is 1.88 bits per heavy atom. The van der Waals surface area contributed by atoms with Gasteiger partial charge in [-0.05, 0) is 48.8 Å². The van der Waals surface area contributed by atoms with Crippen LogP contribution in [-0.2, 0) is 22.7 Å². The lowest BCUT2D eigenvalue weighted by molar-refractivity contribution is -0.150. The molecule has 1 aliphatic carbocycles. The number of ether oxygens (including phenoxy) is 1. The summed E-state index contributed by atoms with van der Waals surface area (Å²) >= 11 is 0. The van der Waals surface area contributed by atoms with Gasteiger partial charge in [0.15, 0.2) is 6.73 Å². The minimum absolute atomic E-state index is 0.00348. The van der Waals surface area contributed by atoms with Crippen molar-refractivity contribution in [2.45, 2.75) is 40.8 Å². The maximum Gasteiger partial charge on any atom is 0.311 e. The molecular weight excluding hydrogens is 310 g/mol. The van der Waals surface area contributed by atoms with Gasteiger partial charge in [-0.3, -0.25) is 4.79 Å². The highest BCUT2D eigenvalue weighted by Gasteiger charge is 2.61. The van der Waals surface area contributed by atoms with E-state index in [2.05, 4.69) is 52.0 Å². The van der Waals surface area contributed by atoms with E-state index >= 15 is 0 Å². The normalized spacial score (nSPS) is 20.8. The van der Waals surface area contributed by atoms with Crippen LogP contribution in [0, 0.1) is 17.3 Å². The van der Waals surface area contributed by atoms with Crippen LogP contribution in [0.1, 0.15) is 38.8 Å².